The monoisotopic (exact) mass is 254 g/mol. The lowest BCUT2D eigenvalue weighted by Crippen LogP contribution is -2.62. The van der Waals surface area contributed by atoms with E-state index in [4.69, 9.17) is 5.73 Å². The molecule has 0 unspecified atom stereocenters. The van der Waals surface area contributed by atoms with Crippen molar-refractivity contribution in [2.75, 3.05) is 39.3 Å². The molecule has 2 N–H and O–H groups in total. The predicted octanol–water partition coefficient (Wildman–Crippen LogP) is 0.637. The molecule has 0 amide bonds. The Bertz CT molecular complexity index is 261. The number of piperazine rings is 1. The summed E-state index contributed by atoms with van der Waals surface area (Å²) in [6.45, 7) is 16.1. The van der Waals surface area contributed by atoms with E-state index < -0.39 is 0 Å². The minimum absolute atomic E-state index is 0.231. The largest absolute Gasteiger partial charge is 0.315 e. The normalized spacial score (nSPS) is 29.2. The second-order valence-corrected chi connectivity index (χ2v) is 6.56. The molecule has 0 radical (unpaired) electrons. The summed E-state index contributed by atoms with van der Waals surface area (Å²) >= 11 is 0. The summed E-state index contributed by atoms with van der Waals surface area (Å²) in [5.41, 5.74) is 6.30. The molecule has 0 aliphatic carbocycles. The van der Waals surface area contributed by atoms with Gasteiger partial charge in [-0.05, 0) is 33.6 Å². The van der Waals surface area contributed by atoms with Crippen molar-refractivity contribution in [3.63, 3.8) is 0 Å². The SMILES string of the molecule is CC(C)N1CC(CN2CCN(C(C)C)C[C@@H]2N)C1. The van der Waals surface area contributed by atoms with Gasteiger partial charge in [-0.25, -0.2) is 0 Å². The van der Waals surface area contributed by atoms with Crippen LogP contribution in [0.15, 0.2) is 0 Å². The van der Waals surface area contributed by atoms with Gasteiger partial charge in [-0.3, -0.25) is 9.80 Å². The van der Waals surface area contributed by atoms with Gasteiger partial charge in [-0.15, -0.1) is 0 Å². The Balaban J connectivity index is 1.72. The third kappa shape index (κ3) is 3.23. The van der Waals surface area contributed by atoms with Gasteiger partial charge < -0.3 is 10.6 Å². The van der Waals surface area contributed by atoms with E-state index in [1.807, 2.05) is 0 Å². The fourth-order valence-corrected chi connectivity index (χ4v) is 3.04. The third-order valence-corrected chi connectivity index (χ3v) is 4.50. The second-order valence-electron chi connectivity index (χ2n) is 6.56. The summed E-state index contributed by atoms with van der Waals surface area (Å²) in [4.78, 5) is 7.52. The van der Waals surface area contributed by atoms with Crippen LogP contribution in [0.4, 0.5) is 0 Å². The maximum atomic E-state index is 6.30. The van der Waals surface area contributed by atoms with Gasteiger partial charge in [0.15, 0.2) is 0 Å². The van der Waals surface area contributed by atoms with Crippen LogP contribution in [0, 0.1) is 5.92 Å². The van der Waals surface area contributed by atoms with Crippen LogP contribution >= 0.6 is 0 Å². The fourth-order valence-electron chi connectivity index (χ4n) is 3.04. The lowest BCUT2D eigenvalue weighted by molar-refractivity contribution is 0.00175. The molecule has 0 aromatic rings. The van der Waals surface area contributed by atoms with E-state index in [2.05, 4.69) is 42.4 Å². The number of hydrogen-bond acceptors (Lipinski definition) is 4. The molecule has 18 heavy (non-hydrogen) atoms. The molecule has 2 fully saturated rings. The molecule has 2 aliphatic rings. The van der Waals surface area contributed by atoms with Gasteiger partial charge in [0.2, 0.25) is 0 Å². The smallest absolute Gasteiger partial charge is 0.0703 e. The summed E-state index contributed by atoms with van der Waals surface area (Å²) in [5.74, 6) is 0.837. The Morgan fingerprint density at radius 1 is 0.944 bits per heavy atom. The van der Waals surface area contributed by atoms with E-state index in [1.54, 1.807) is 0 Å². The molecular formula is C14H30N4. The van der Waals surface area contributed by atoms with E-state index in [0.29, 0.717) is 12.1 Å². The Morgan fingerprint density at radius 3 is 2.06 bits per heavy atom. The van der Waals surface area contributed by atoms with Crippen molar-refractivity contribution in [3.8, 4) is 0 Å². The van der Waals surface area contributed by atoms with Crippen LogP contribution in [0.1, 0.15) is 27.7 Å². The molecule has 106 valence electrons. The number of nitrogens with two attached hydrogens (primary N) is 1. The highest BCUT2D eigenvalue weighted by atomic mass is 15.3. The van der Waals surface area contributed by atoms with Gasteiger partial charge in [0.1, 0.15) is 0 Å². The second kappa shape index (κ2) is 5.87. The van der Waals surface area contributed by atoms with Crippen LogP contribution in [0.3, 0.4) is 0 Å². The molecule has 0 aromatic carbocycles. The third-order valence-electron chi connectivity index (χ3n) is 4.50. The summed E-state index contributed by atoms with van der Waals surface area (Å²) in [5, 5.41) is 0. The molecule has 2 aliphatic heterocycles. The van der Waals surface area contributed by atoms with E-state index in [1.165, 1.54) is 26.2 Å². The van der Waals surface area contributed by atoms with Crippen molar-refractivity contribution in [2.24, 2.45) is 11.7 Å². The van der Waals surface area contributed by atoms with Crippen LogP contribution in [0.5, 0.6) is 0 Å². The highest BCUT2D eigenvalue weighted by Crippen LogP contribution is 2.21. The molecule has 0 bridgehead atoms. The molecule has 0 saturated carbocycles. The first-order valence-corrected chi connectivity index (χ1v) is 7.45. The summed E-state index contributed by atoms with van der Waals surface area (Å²) in [6.07, 6.45) is 0.231. The Kier molecular flexibility index (Phi) is 4.64. The van der Waals surface area contributed by atoms with E-state index >= 15 is 0 Å². The molecule has 1 atom stereocenters. The van der Waals surface area contributed by atoms with Gasteiger partial charge in [-0.1, -0.05) is 0 Å². The van der Waals surface area contributed by atoms with Crippen molar-refractivity contribution in [2.45, 2.75) is 45.9 Å². The zero-order valence-electron chi connectivity index (χ0n) is 12.5. The first-order valence-electron chi connectivity index (χ1n) is 7.45. The van der Waals surface area contributed by atoms with Crippen molar-refractivity contribution in [1.82, 2.24) is 14.7 Å². The van der Waals surface area contributed by atoms with Crippen molar-refractivity contribution >= 4 is 0 Å². The Labute approximate surface area is 112 Å². The molecule has 4 nitrogen and oxygen atoms in total. The lowest BCUT2D eigenvalue weighted by atomic mass is 9.97. The zero-order valence-corrected chi connectivity index (χ0v) is 12.5. The van der Waals surface area contributed by atoms with Crippen LogP contribution in [0.25, 0.3) is 0 Å². The summed E-state index contributed by atoms with van der Waals surface area (Å²) in [6, 6.07) is 1.33. The molecule has 2 saturated heterocycles. The van der Waals surface area contributed by atoms with E-state index in [-0.39, 0.29) is 6.17 Å². The minimum atomic E-state index is 0.231. The van der Waals surface area contributed by atoms with Crippen molar-refractivity contribution in [3.05, 3.63) is 0 Å². The van der Waals surface area contributed by atoms with Gasteiger partial charge in [-0.2, -0.15) is 0 Å². The maximum absolute atomic E-state index is 6.30. The molecular weight excluding hydrogens is 224 g/mol. The number of hydrogen-bond donors (Lipinski definition) is 1. The average Bonchev–Trinajstić information content (AvgIpc) is 2.23. The van der Waals surface area contributed by atoms with Gasteiger partial charge in [0, 0.05) is 51.4 Å². The fraction of sp³-hybridized carbons (Fsp3) is 1.00. The Morgan fingerprint density at radius 2 is 1.56 bits per heavy atom. The molecule has 2 heterocycles. The molecule has 0 aromatic heterocycles. The quantitative estimate of drug-likeness (QED) is 0.798. The maximum Gasteiger partial charge on any atom is 0.0703 e. The Hall–Kier alpha value is -0.160. The highest BCUT2D eigenvalue weighted by molar-refractivity contribution is 4.87. The number of likely N-dealkylation sites (tertiary alicyclic amines) is 1. The molecule has 2 rings (SSSR count). The zero-order chi connectivity index (χ0) is 13.3. The lowest BCUT2D eigenvalue weighted by Gasteiger charge is -2.47. The molecule has 0 spiro atoms. The number of rotatable bonds is 4. The number of nitrogens with zero attached hydrogens (tertiary/aromatic N) is 3. The van der Waals surface area contributed by atoms with Crippen LogP contribution in [-0.4, -0.2) is 72.2 Å². The minimum Gasteiger partial charge on any atom is -0.315 e. The van der Waals surface area contributed by atoms with Gasteiger partial charge >= 0.3 is 0 Å². The standard InChI is InChI=1S/C14H30N4/c1-11(2)16-5-6-17(14(15)10-16)7-13-8-18(9-13)12(3)4/h11-14H,5-10,15H2,1-4H3/t14-/m1/s1. The van der Waals surface area contributed by atoms with Crippen LogP contribution in [0.2, 0.25) is 0 Å². The van der Waals surface area contributed by atoms with Crippen LogP contribution in [-0.2, 0) is 0 Å². The van der Waals surface area contributed by atoms with Gasteiger partial charge in [0.05, 0.1) is 6.17 Å². The van der Waals surface area contributed by atoms with Crippen molar-refractivity contribution < 1.29 is 0 Å². The first kappa shape index (κ1) is 14.3. The average molecular weight is 254 g/mol. The topological polar surface area (TPSA) is 35.7 Å². The summed E-state index contributed by atoms with van der Waals surface area (Å²) in [7, 11) is 0. The van der Waals surface area contributed by atoms with Crippen molar-refractivity contribution in [1.29, 1.82) is 0 Å². The summed E-state index contributed by atoms with van der Waals surface area (Å²) < 4.78 is 0. The van der Waals surface area contributed by atoms with Gasteiger partial charge in [0.25, 0.3) is 0 Å². The van der Waals surface area contributed by atoms with E-state index in [9.17, 15) is 0 Å². The predicted molar refractivity (Wildman–Crippen MR) is 76.5 cm³/mol. The highest BCUT2D eigenvalue weighted by Gasteiger charge is 2.33. The molecule has 4 heteroatoms. The van der Waals surface area contributed by atoms with Crippen LogP contribution < -0.4 is 5.73 Å². The first-order chi connectivity index (χ1) is 8.47. The van der Waals surface area contributed by atoms with E-state index in [0.717, 1.165) is 19.0 Å².